The maximum Gasteiger partial charge on any atom is 0.264 e. The molecule has 0 radical (unpaired) electrons. The number of sulfonamides is 1. The Morgan fingerprint density at radius 2 is 1.63 bits per heavy atom. The molecule has 1 heterocycles. The van der Waals surface area contributed by atoms with Crippen molar-refractivity contribution in [1.29, 1.82) is 0 Å². The molecule has 1 fully saturated rings. The molecule has 144 valence electrons. The van der Waals surface area contributed by atoms with Gasteiger partial charge in [0.1, 0.15) is 0 Å². The van der Waals surface area contributed by atoms with Gasteiger partial charge in [-0.2, -0.15) is 0 Å². The minimum atomic E-state index is -3.74. The quantitative estimate of drug-likeness (QED) is 0.802. The molecule has 0 bridgehead atoms. The van der Waals surface area contributed by atoms with Crippen molar-refractivity contribution in [3.63, 3.8) is 0 Å². The number of amides is 1. The van der Waals surface area contributed by atoms with E-state index in [0.717, 1.165) is 44.3 Å². The molecule has 0 atom stereocenters. The van der Waals surface area contributed by atoms with Gasteiger partial charge in [0.15, 0.2) is 0 Å². The van der Waals surface area contributed by atoms with Crippen LogP contribution in [0.1, 0.15) is 41.6 Å². The molecule has 0 aliphatic carbocycles. The number of hydrogen-bond donors (Lipinski definition) is 0. The van der Waals surface area contributed by atoms with Gasteiger partial charge >= 0.3 is 0 Å². The molecular formula is C21H26N2O3S. The summed E-state index contributed by atoms with van der Waals surface area (Å²) in [7, 11) is -2.21. The first-order valence-electron chi connectivity index (χ1n) is 9.34. The Hall–Kier alpha value is -2.34. The Kier molecular flexibility index (Phi) is 5.85. The second kappa shape index (κ2) is 8.13. The summed E-state index contributed by atoms with van der Waals surface area (Å²) in [6.45, 7) is 3.39. The molecule has 0 spiro atoms. The van der Waals surface area contributed by atoms with Gasteiger partial charge in [0.25, 0.3) is 15.9 Å². The fraction of sp³-hybridized carbons (Fsp3) is 0.381. The molecule has 27 heavy (non-hydrogen) atoms. The summed E-state index contributed by atoms with van der Waals surface area (Å²) in [5, 5.41) is 0. The van der Waals surface area contributed by atoms with Crippen molar-refractivity contribution < 1.29 is 13.2 Å². The number of likely N-dealkylation sites (tertiary alicyclic amines) is 1. The monoisotopic (exact) mass is 386 g/mol. The molecule has 1 saturated heterocycles. The van der Waals surface area contributed by atoms with Crippen LogP contribution in [0.3, 0.4) is 0 Å². The van der Waals surface area contributed by atoms with Gasteiger partial charge < -0.3 is 4.90 Å². The second-order valence-corrected chi connectivity index (χ2v) is 9.02. The number of carbonyl (C=O) groups is 1. The number of carbonyl (C=O) groups excluding carboxylic acids is 1. The molecule has 1 aliphatic rings. The lowest BCUT2D eigenvalue weighted by Crippen LogP contribution is -2.32. The van der Waals surface area contributed by atoms with Gasteiger partial charge in [-0.25, -0.2) is 8.42 Å². The average molecular weight is 387 g/mol. The SMILES string of the molecule is Cc1cccc(N(C)S(=O)(=O)c2cccc(C(=O)N3CCCCCC3)c2)c1. The lowest BCUT2D eigenvalue weighted by Gasteiger charge is -2.22. The number of benzene rings is 2. The van der Waals surface area contributed by atoms with Gasteiger partial charge in [-0.05, 0) is 55.7 Å². The summed E-state index contributed by atoms with van der Waals surface area (Å²) < 4.78 is 27.4. The van der Waals surface area contributed by atoms with E-state index in [2.05, 4.69) is 0 Å². The Bertz CT molecular complexity index is 917. The van der Waals surface area contributed by atoms with Crippen LogP contribution >= 0.6 is 0 Å². The number of nitrogens with zero attached hydrogens (tertiary/aromatic N) is 2. The highest BCUT2D eigenvalue weighted by atomic mass is 32.2. The van der Waals surface area contributed by atoms with Crippen molar-refractivity contribution in [2.75, 3.05) is 24.4 Å². The molecule has 0 unspecified atom stereocenters. The fourth-order valence-corrected chi connectivity index (χ4v) is 4.60. The van der Waals surface area contributed by atoms with Crippen molar-refractivity contribution in [3.8, 4) is 0 Å². The maximum atomic E-state index is 13.1. The van der Waals surface area contributed by atoms with Gasteiger partial charge in [-0.3, -0.25) is 9.10 Å². The zero-order valence-corrected chi connectivity index (χ0v) is 16.7. The van der Waals surface area contributed by atoms with Crippen molar-refractivity contribution >= 4 is 21.6 Å². The largest absolute Gasteiger partial charge is 0.339 e. The molecule has 3 rings (SSSR count). The summed E-state index contributed by atoms with van der Waals surface area (Å²) in [5.41, 5.74) is 2.01. The molecule has 2 aromatic carbocycles. The number of aryl methyl sites for hydroxylation is 1. The molecule has 2 aromatic rings. The molecule has 5 nitrogen and oxygen atoms in total. The number of hydrogen-bond acceptors (Lipinski definition) is 3. The third kappa shape index (κ3) is 4.33. The molecule has 0 saturated carbocycles. The Morgan fingerprint density at radius 1 is 0.963 bits per heavy atom. The highest BCUT2D eigenvalue weighted by Crippen LogP contribution is 2.24. The molecule has 0 aromatic heterocycles. The van der Waals surface area contributed by atoms with Crippen LogP contribution in [0, 0.1) is 6.92 Å². The fourth-order valence-electron chi connectivity index (χ4n) is 3.37. The summed E-state index contributed by atoms with van der Waals surface area (Å²) >= 11 is 0. The molecule has 0 N–H and O–H groups in total. The van der Waals surface area contributed by atoms with E-state index in [1.165, 1.54) is 17.4 Å². The van der Waals surface area contributed by atoms with Crippen LogP contribution in [-0.4, -0.2) is 39.4 Å². The van der Waals surface area contributed by atoms with Crippen molar-refractivity contribution in [2.24, 2.45) is 0 Å². The Labute approximate surface area is 161 Å². The summed E-state index contributed by atoms with van der Waals surface area (Å²) in [5.74, 6) is -0.0906. The standard InChI is InChI=1S/C21H26N2O3S/c1-17-9-7-11-19(15-17)22(2)27(25,26)20-12-8-10-18(16-20)21(24)23-13-5-3-4-6-14-23/h7-12,15-16H,3-6,13-14H2,1-2H3. The van der Waals surface area contributed by atoms with E-state index in [1.54, 1.807) is 24.3 Å². The predicted octanol–water partition coefficient (Wildman–Crippen LogP) is 3.84. The van der Waals surface area contributed by atoms with Gasteiger partial charge in [0, 0.05) is 25.7 Å². The van der Waals surface area contributed by atoms with Crippen molar-refractivity contribution in [2.45, 2.75) is 37.5 Å². The summed E-state index contributed by atoms with van der Waals surface area (Å²) in [6.07, 6.45) is 4.28. The first-order chi connectivity index (χ1) is 12.9. The predicted molar refractivity (Wildman–Crippen MR) is 108 cm³/mol. The van der Waals surface area contributed by atoms with Gasteiger partial charge in [0.05, 0.1) is 10.6 Å². The summed E-state index contributed by atoms with van der Waals surface area (Å²) in [6, 6.07) is 13.7. The normalized spacial score (nSPS) is 15.3. The van der Waals surface area contributed by atoms with E-state index in [-0.39, 0.29) is 10.8 Å². The zero-order valence-electron chi connectivity index (χ0n) is 15.9. The minimum absolute atomic E-state index is 0.0906. The van der Waals surface area contributed by atoms with E-state index >= 15 is 0 Å². The first-order valence-corrected chi connectivity index (χ1v) is 10.8. The highest BCUT2D eigenvalue weighted by Gasteiger charge is 2.24. The topological polar surface area (TPSA) is 57.7 Å². The first kappa shape index (κ1) is 19.4. The third-order valence-electron chi connectivity index (χ3n) is 5.00. The lowest BCUT2D eigenvalue weighted by molar-refractivity contribution is 0.0761. The number of anilines is 1. The van der Waals surface area contributed by atoms with E-state index in [1.807, 2.05) is 30.0 Å². The smallest absolute Gasteiger partial charge is 0.264 e. The van der Waals surface area contributed by atoms with E-state index in [4.69, 9.17) is 0 Å². The zero-order chi connectivity index (χ0) is 19.4. The van der Waals surface area contributed by atoms with Crippen LogP contribution in [0.15, 0.2) is 53.4 Å². The molecular weight excluding hydrogens is 360 g/mol. The highest BCUT2D eigenvalue weighted by molar-refractivity contribution is 7.92. The summed E-state index contributed by atoms with van der Waals surface area (Å²) in [4.78, 5) is 14.8. The molecule has 1 amide bonds. The maximum absolute atomic E-state index is 13.1. The minimum Gasteiger partial charge on any atom is -0.339 e. The van der Waals surface area contributed by atoms with Crippen LogP contribution < -0.4 is 4.31 Å². The van der Waals surface area contributed by atoms with Crippen LogP contribution in [0.5, 0.6) is 0 Å². The van der Waals surface area contributed by atoms with Gasteiger partial charge in [-0.1, -0.05) is 31.0 Å². The van der Waals surface area contributed by atoms with E-state index in [9.17, 15) is 13.2 Å². The van der Waals surface area contributed by atoms with Crippen LogP contribution in [0.4, 0.5) is 5.69 Å². The van der Waals surface area contributed by atoms with Gasteiger partial charge in [0.2, 0.25) is 0 Å². The van der Waals surface area contributed by atoms with Crippen molar-refractivity contribution in [3.05, 3.63) is 59.7 Å². The van der Waals surface area contributed by atoms with Gasteiger partial charge in [-0.15, -0.1) is 0 Å². The third-order valence-corrected chi connectivity index (χ3v) is 6.78. The number of rotatable bonds is 4. The Morgan fingerprint density at radius 3 is 2.30 bits per heavy atom. The molecule has 1 aliphatic heterocycles. The van der Waals surface area contributed by atoms with E-state index in [0.29, 0.717) is 11.3 Å². The van der Waals surface area contributed by atoms with Crippen LogP contribution in [-0.2, 0) is 10.0 Å². The average Bonchev–Trinajstić information content (AvgIpc) is 2.96. The Balaban J connectivity index is 1.88. The molecule has 6 heteroatoms. The lowest BCUT2D eigenvalue weighted by atomic mass is 10.2. The van der Waals surface area contributed by atoms with E-state index < -0.39 is 10.0 Å². The van der Waals surface area contributed by atoms with Crippen molar-refractivity contribution in [1.82, 2.24) is 4.90 Å². The second-order valence-electron chi connectivity index (χ2n) is 7.05. The van der Waals surface area contributed by atoms with Crippen LogP contribution in [0.25, 0.3) is 0 Å². The van der Waals surface area contributed by atoms with Crippen LogP contribution in [0.2, 0.25) is 0 Å².